The number of nitrogens with one attached hydrogen (secondary N) is 1. The summed E-state index contributed by atoms with van der Waals surface area (Å²) in [5, 5.41) is 3.29. The quantitative estimate of drug-likeness (QED) is 0.929. The third-order valence-electron chi connectivity index (χ3n) is 3.18. The van der Waals surface area contributed by atoms with Crippen molar-refractivity contribution >= 4 is 5.69 Å². The van der Waals surface area contributed by atoms with E-state index in [1.54, 1.807) is 0 Å². The third-order valence-corrected chi connectivity index (χ3v) is 3.18. The van der Waals surface area contributed by atoms with Crippen LogP contribution >= 0.6 is 0 Å². The summed E-state index contributed by atoms with van der Waals surface area (Å²) in [7, 11) is 0. The molecule has 0 unspecified atom stereocenters. The number of anilines is 1. The van der Waals surface area contributed by atoms with Crippen molar-refractivity contribution in [3.05, 3.63) is 36.5 Å². The van der Waals surface area contributed by atoms with Crippen molar-refractivity contribution in [2.45, 2.75) is 13.3 Å². The minimum absolute atomic E-state index is 0.696. The summed E-state index contributed by atoms with van der Waals surface area (Å²) in [5.74, 6) is 1.62. The van der Waals surface area contributed by atoms with Crippen LogP contribution < -0.4 is 14.8 Å². The summed E-state index contributed by atoms with van der Waals surface area (Å²) in [6.45, 7) is 4.38. The highest BCUT2D eigenvalue weighted by Gasteiger charge is 2.12. The number of nitrogens with zero attached hydrogens (tertiary/aromatic N) is 1. The summed E-state index contributed by atoms with van der Waals surface area (Å²) in [5.41, 5.74) is 3.04. The predicted molar refractivity (Wildman–Crippen MR) is 79.4 cm³/mol. The van der Waals surface area contributed by atoms with Crippen LogP contribution in [-0.2, 0) is 0 Å². The molecule has 1 aliphatic rings. The fourth-order valence-electron chi connectivity index (χ4n) is 2.23. The Kier molecular flexibility index (Phi) is 3.72. The Morgan fingerprint density at radius 2 is 1.95 bits per heavy atom. The molecule has 2 heterocycles. The zero-order valence-electron chi connectivity index (χ0n) is 11.6. The van der Waals surface area contributed by atoms with Gasteiger partial charge in [-0.05, 0) is 37.3 Å². The Morgan fingerprint density at radius 3 is 2.80 bits per heavy atom. The minimum atomic E-state index is 0.696. The minimum Gasteiger partial charge on any atom is -0.490 e. The standard InChI is InChI=1S/C16H18N2O2/c1-2-17-13-6-7-18-14(11-13)12-4-5-15-16(10-12)20-9-3-8-19-15/h4-7,10-11H,2-3,8-9H2,1H3,(H,17,18). The molecule has 20 heavy (non-hydrogen) atoms. The molecular weight excluding hydrogens is 252 g/mol. The van der Waals surface area contributed by atoms with Gasteiger partial charge in [0.05, 0.1) is 18.9 Å². The molecule has 1 aromatic carbocycles. The van der Waals surface area contributed by atoms with Gasteiger partial charge in [0.1, 0.15) is 0 Å². The second-order valence-electron chi connectivity index (χ2n) is 4.67. The number of hydrogen-bond donors (Lipinski definition) is 1. The molecule has 0 fully saturated rings. The van der Waals surface area contributed by atoms with E-state index in [1.165, 1.54) is 0 Å². The molecular formula is C16H18N2O2. The molecule has 0 spiro atoms. The van der Waals surface area contributed by atoms with Crippen molar-refractivity contribution in [3.63, 3.8) is 0 Å². The van der Waals surface area contributed by atoms with E-state index in [0.29, 0.717) is 13.2 Å². The fourth-order valence-corrected chi connectivity index (χ4v) is 2.23. The Morgan fingerprint density at radius 1 is 1.10 bits per heavy atom. The normalized spacial score (nSPS) is 13.7. The first-order valence-corrected chi connectivity index (χ1v) is 6.97. The van der Waals surface area contributed by atoms with Crippen molar-refractivity contribution in [3.8, 4) is 22.8 Å². The maximum Gasteiger partial charge on any atom is 0.161 e. The van der Waals surface area contributed by atoms with Crippen LogP contribution in [0, 0.1) is 0 Å². The van der Waals surface area contributed by atoms with Gasteiger partial charge in [0, 0.05) is 30.4 Å². The number of aromatic nitrogens is 1. The Bertz CT molecular complexity index is 599. The summed E-state index contributed by atoms with van der Waals surface area (Å²) < 4.78 is 11.4. The number of hydrogen-bond acceptors (Lipinski definition) is 4. The monoisotopic (exact) mass is 270 g/mol. The molecule has 0 saturated heterocycles. The lowest BCUT2D eigenvalue weighted by atomic mass is 10.1. The summed E-state index contributed by atoms with van der Waals surface area (Å²) in [6.07, 6.45) is 2.73. The van der Waals surface area contributed by atoms with E-state index in [-0.39, 0.29) is 0 Å². The number of pyridine rings is 1. The van der Waals surface area contributed by atoms with Crippen LogP contribution in [0.15, 0.2) is 36.5 Å². The second kappa shape index (κ2) is 5.82. The Hall–Kier alpha value is -2.23. The van der Waals surface area contributed by atoms with Crippen molar-refractivity contribution in [1.82, 2.24) is 4.98 Å². The van der Waals surface area contributed by atoms with Gasteiger partial charge in [0.2, 0.25) is 0 Å². The predicted octanol–water partition coefficient (Wildman–Crippen LogP) is 3.34. The average Bonchev–Trinajstić information content (AvgIpc) is 2.72. The SMILES string of the molecule is CCNc1ccnc(-c2ccc3c(c2)OCCCO3)c1. The molecule has 0 bridgehead atoms. The molecule has 0 atom stereocenters. The number of ether oxygens (including phenoxy) is 2. The number of fused-ring (bicyclic) bond motifs is 1. The molecule has 0 radical (unpaired) electrons. The van der Waals surface area contributed by atoms with Gasteiger partial charge in [-0.1, -0.05) is 0 Å². The van der Waals surface area contributed by atoms with Gasteiger partial charge < -0.3 is 14.8 Å². The van der Waals surface area contributed by atoms with Crippen LogP contribution in [0.5, 0.6) is 11.5 Å². The van der Waals surface area contributed by atoms with E-state index in [1.807, 2.05) is 36.5 Å². The van der Waals surface area contributed by atoms with Crippen LogP contribution in [0.3, 0.4) is 0 Å². The highest BCUT2D eigenvalue weighted by molar-refractivity contribution is 5.67. The van der Waals surface area contributed by atoms with E-state index in [4.69, 9.17) is 9.47 Å². The average molecular weight is 270 g/mol. The third kappa shape index (κ3) is 2.69. The van der Waals surface area contributed by atoms with Crippen LogP contribution in [0.4, 0.5) is 5.69 Å². The van der Waals surface area contributed by atoms with Crippen LogP contribution in [0.1, 0.15) is 13.3 Å². The molecule has 2 aromatic rings. The van der Waals surface area contributed by atoms with Crippen molar-refractivity contribution < 1.29 is 9.47 Å². The topological polar surface area (TPSA) is 43.4 Å². The smallest absolute Gasteiger partial charge is 0.161 e. The first-order valence-electron chi connectivity index (χ1n) is 6.97. The van der Waals surface area contributed by atoms with E-state index in [2.05, 4.69) is 17.2 Å². The summed E-state index contributed by atoms with van der Waals surface area (Å²) in [6, 6.07) is 9.99. The van der Waals surface area contributed by atoms with E-state index in [0.717, 1.165) is 41.4 Å². The van der Waals surface area contributed by atoms with Crippen LogP contribution in [0.2, 0.25) is 0 Å². The van der Waals surface area contributed by atoms with Gasteiger partial charge in [-0.2, -0.15) is 0 Å². The van der Waals surface area contributed by atoms with Gasteiger partial charge in [-0.25, -0.2) is 0 Å². The lowest BCUT2D eigenvalue weighted by Gasteiger charge is -2.10. The molecule has 1 aromatic heterocycles. The first-order chi connectivity index (χ1) is 9.86. The molecule has 0 amide bonds. The van der Waals surface area contributed by atoms with Gasteiger partial charge in [0.15, 0.2) is 11.5 Å². The van der Waals surface area contributed by atoms with Crippen LogP contribution in [0.25, 0.3) is 11.3 Å². The first kappa shape index (κ1) is 12.8. The van der Waals surface area contributed by atoms with E-state index in [9.17, 15) is 0 Å². The number of rotatable bonds is 3. The lowest BCUT2D eigenvalue weighted by molar-refractivity contribution is 0.297. The molecule has 1 N–H and O–H groups in total. The zero-order valence-corrected chi connectivity index (χ0v) is 11.6. The molecule has 3 rings (SSSR count). The van der Waals surface area contributed by atoms with Gasteiger partial charge in [0.25, 0.3) is 0 Å². The van der Waals surface area contributed by atoms with Gasteiger partial charge in [-0.3, -0.25) is 4.98 Å². The maximum absolute atomic E-state index is 5.72. The van der Waals surface area contributed by atoms with Crippen molar-refractivity contribution in [2.75, 3.05) is 25.1 Å². The Balaban J connectivity index is 1.94. The number of benzene rings is 1. The van der Waals surface area contributed by atoms with E-state index < -0.39 is 0 Å². The fraction of sp³-hybridized carbons (Fsp3) is 0.312. The molecule has 104 valence electrons. The van der Waals surface area contributed by atoms with Crippen molar-refractivity contribution in [1.29, 1.82) is 0 Å². The van der Waals surface area contributed by atoms with Crippen LogP contribution in [-0.4, -0.2) is 24.7 Å². The Labute approximate surface area is 118 Å². The van der Waals surface area contributed by atoms with Gasteiger partial charge in [-0.15, -0.1) is 0 Å². The second-order valence-corrected chi connectivity index (χ2v) is 4.67. The van der Waals surface area contributed by atoms with Crippen molar-refractivity contribution in [2.24, 2.45) is 0 Å². The largest absolute Gasteiger partial charge is 0.490 e. The highest BCUT2D eigenvalue weighted by Crippen LogP contribution is 2.34. The zero-order chi connectivity index (χ0) is 13.8. The summed E-state index contributed by atoms with van der Waals surface area (Å²) >= 11 is 0. The van der Waals surface area contributed by atoms with Gasteiger partial charge >= 0.3 is 0 Å². The molecule has 4 heteroatoms. The maximum atomic E-state index is 5.72. The molecule has 1 aliphatic heterocycles. The molecule has 0 saturated carbocycles. The molecule has 0 aliphatic carbocycles. The molecule has 4 nitrogen and oxygen atoms in total. The summed E-state index contributed by atoms with van der Waals surface area (Å²) in [4.78, 5) is 4.43. The lowest BCUT2D eigenvalue weighted by Crippen LogP contribution is -1.97. The van der Waals surface area contributed by atoms with E-state index >= 15 is 0 Å². The highest BCUT2D eigenvalue weighted by atomic mass is 16.5.